The Morgan fingerprint density at radius 2 is 2.13 bits per heavy atom. The lowest BCUT2D eigenvalue weighted by atomic mass is 9.95. The predicted molar refractivity (Wildman–Crippen MR) is 59.8 cm³/mol. The number of fused-ring (bicyclic) bond motifs is 1. The standard InChI is InChI=1S/C13H15NO/c1-2-4-12-11(3-1)5-6-15-13(12)7-10-8-14-9-10/h1-4,7,13-14H,5-6,8-9H2. The Hall–Kier alpha value is -1.12. The van der Waals surface area contributed by atoms with Crippen LogP contribution in [0.15, 0.2) is 35.9 Å². The van der Waals surface area contributed by atoms with Gasteiger partial charge in [0.25, 0.3) is 0 Å². The Labute approximate surface area is 89.9 Å². The highest BCUT2D eigenvalue weighted by atomic mass is 16.5. The molecule has 2 aliphatic heterocycles. The Morgan fingerprint density at radius 1 is 1.27 bits per heavy atom. The minimum atomic E-state index is 0.187. The largest absolute Gasteiger partial charge is 0.369 e. The highest BCUT2D eigenvalue weighted by molar-refractivity contribution is 5.34. The molecule has 0 spiro atoms. The molecule has 0 bridgehead atoms. The van der Waals surface area contributed by atoms with Crippen LogP contribution in [0.1, 0.15) is 17.2 Å². The lowest BCUT2D eigenvalue weighted by molar-refractivity contribution is 0.0740. The fourth-order valence-corrected chi connectivity index (χ4v) is 2.16. The minimum absolute atomic E-state index is 0.187. The Kier molecular flexibility index (Phi) is 2.31. The molecule has 78 valence electrons. The number of hydrogen-bond donors (Lipinski definition) is 1. The zero-order chi connectivity index (χ0) is 10.1. The van der Waals surface area contributed by atoms with Crippen LogP contribution in [-0.4, -0.2) is 19.7 Å². The van der Waals surface area contributed by atoms with Gasteiger partial charge in [-0.05, 0) is 29.2 Å². The lowest BCUT2D eigenvalue weighted by Crippen LogP contribution is -2.34. The van der Waals surface area contributed by atoms with Crippen molar-refractivity contribution < 1.29 is 4.74 Å². The average molecular weight is 201 g/mol. The molecule has 1 aromatic rings. The Morgan fingerprint density at radius 3 is 2.93 bits per heavy atom. The van der Waals surface area contributed by atoms with Crippen molar-refractivity contribution in [2.24, 2.45) is 0 Å². The minimum Gasteiger partial charge on any atom is -0.369 e. The fourth-order valence-electron chi connectivity index (χ4n) is 2.16. The molecule has 1 aromatic carbocycles. The van der Waals surface area contributed by atoms with Gasteiger partial charge in [0.15, 0.2) is 0 Å². The highest BCUT2D eigenvalue weighted by Gasteiger charge is 2.20. The molecular weight excluding hydrogens is 186 g/mol. The molecule has 2 heteroatoms. The summed E-state index contributed by atoms with van der Waals surface area (Å²) in [5, 5.41) is 3.25. The molecule has 0 amide bonds. The molecule has 1 atom stereocenters. The maximum absolute atomic E-state index is 5.81. The molecule has 3 rings (SSSR count). The molecule has 1 N–H and O–H groups in total. The van der Waals surface area contributed by atoms with E-state index in [1.807, 2.05) is 0 Å². The van der Waals surface area contributed by atoms with Crippen LogP contribution in [0.5, 0.6) is 0 Å². The van der Waals surface area contributed by atoms with Crippen LogP contribution >= 0.6 is 0 Å². The van der Waals surface area contributed by atoms with Crippen molar-refractivity contribution in [3.8, 4) is 0 Å². The first-order chi connectivity index (χ1) is 7.43. The molecule has 0 aliphatic carbocycles. The topological polar surface area (TPSA) is 21.3 Å². The summed E-state index contributed by atoms with van der Waals surface area (Å²) < 4.78 is 5.81. The molecule has 0 aromatic heterocycles. The molecule has 1 fully saturated rings. The maximum Gasteiger partial charge on any atom is 0.101 e. The van der Waals surface area contributed by atoms with E-state index in [2.05, 4.69) is 35.7 Å². The monoisotopic (exact) mass is 201 g/mol. The smallest absolute Gasteiger partial charge is 0.101 e. The van der Waals surface area contributed by atoms with E-state index in [0.29, 0.717) is 0 Å². The van der Waals surface area contributed by atoms with Gasteiger partial charge in [0.05, 0.1) is 6.61 Å². The summed E-state index contributed by atoms with van der Waals surface area (Å²) in [4.78, 5) is 0. The summed E-state index contributed by atoms with van der Waals surface area (Å²) >= 11 is 0. The molecule has 2 heterocycles. The van der Waals surface area contributed by atoms with Crippen LogP contribution < -0.4 is 5.32 Å². The van der Waals surface area contributed by atoms with Crippen molar-refractivity contribution in [2.75, 3.05) is 19.7 Å². The van der Waals surface area contributed by atoms with Crippen LogP contribution in [0.25, 0.3) is 0 Å². The first kappa shape index (κ1) is 9.13. The van der Waals surface area contributed by atoms with E-state index in [4.69, 9.17) is 4.74 Å². The van der Waals surface area contributed by atoms with Crippen molar-refractivity contribution in [1.82, 2.24) is 5.32 Å². The second-order valence-corrected chi connectivity index (χ2v) is 4.17. The number of benzene rings is 1. The molecule has 0 radical (unpaired) electrons. The summed E-state index contributed by atoms with van der Waals surface area (Å²) in [7, 11) is 0. The highest BCUT2D eigenvalue weighted by Crippen LogP contribution is 2.29. The predicted octanol–water partition coefficient (Wildman–Crippen LogP) is 1.83. The van der Waals surface area contributed by atoms with E-state index in [1.165, 1.54) is 16.7 Å². The first-order valence-corrected chi connectivity index (χ1v) is 5.53. The molecular formula is C13H15NO. The van der Waals surface area contributed by atoms with Gasteiger partial charge >= 0.3 is 0 Å². The molecule has 1 unspecified atom stereocenters. The van der Waals surface area contributed by atoms with Crippen LogP contribution in [0.3, 0.4) is 0 Å². The normalized spacial score (nSPS) is 24.3. The third-order valence-electron chi connectivity index (χ3n) is 3.12. The molecule has 2 aliphatic rings. The van der Waals surface area contributed by atoms with Gasteiger partial charge in [-0.15, -0.1) is 0 Å². The van der Waals surface area contributed by atoms with E-state index in [-0.39, 0.29) is 6.10 Å². The Bertz CT molecular complexity index is 391. The molecule has 15 heavy (non-hydrogen) atoms. The summed E-state index contributed by atoms with van der Waals surface area (Å²) in [6, 6.07) is 8.60. The van der Waals surface area contributed by atoms with Gasteiger partial charge in [0, 0.05) is 13.1 Å². The zero-order valence-electron chi connectivity index (χ0n) is 8.70. The lowest BCUT2D eigenvalue weighted by Gasteiger charge is -2.27. The zero-order valence-corrected chi connectivity index (χ0v) is 8.70. The number of hydrogen-bond acceptors (Lipinski definition) is 2. The van der Waals surface area contributed by atoms with Gasteiger partial charge in [-0.2, -0.15) is 0 Å². The van der Waals surface area contributed by atoms with Crippen LogP contribution in [0.4, 0.5) is 0 Å². The molecule has 0 saturated carbocycles. The van der Waals surface area contributed by atoms with Crippen molar-refractivity contribution in [2.45, 2.75) is 12.5 Å². The fraction of sp³-hybridized carbons (Fsp3) is 0.385. The van der Waals surface area contributed by atoms with Crippen LogP contribution in [0, 0.1) is 0 Å². The van der Waals surface area contributed by atoms with Gasteiger partial charge in [-0.25, -0.2) is 0 Å². The van der Waals surface area contributed by atoms with E-state index in [1.54, 1.807) is 0 Å². The third-order valence-corrected chi connectivity index (χ3v) is 3.12. The summed E-state index contributed by atoms with van der Waals surface area (Å²) in [6.07, 6.45) is 3.51. The summed E-state index contributed by atoms with van der Waals surface area (Å²) in [6.45, 7) is 2.91. The second-order valence-electron chi connectivity index (χ2n) is 4.17. The number of rotatable bonds is 1. The van der Waals surface area contributed by atoms with Gasteiger partial charge < -0.3 is 10.1 Å². The number of nitrogens with one attached hydrogen (secondary N) is 1. The Balaban J connectivity index is 1.91. The van der Waals surface area contributed by atoms with Crippen molar-refractivity contribution in [3.63, 3.8) is 0 Å². The van der Waals surface area contributed by atoms with E-state index in [0.717, 1.165) is 26.1 Å². The van der Waals surface area contributed by atoms with Gasteiger partial charge in [-0.1, -0.05) is 24.3 Å². The van der Waals surface area contributed by atoms with E-state index < -0.39 is 0 Å². The van der Waals surface area contributed by atoms with E-state index >= 15 is 0 Å². The maximum atomic E-state index is 5.81. The van der Waals surface area contributed by atoms with Crippen LogP contribution in [0.2, 0.25) is 0 Å². The van der Waals surface area contributed by atoms with Crippen molar-refractivity contribution >= 4 is 0 Å². The first-order valence-electron chi connectivity index (χ1n) is 5.53. The summed E-state index contributed by atoms with van der Waals surface area (Å²) in [5.74, 6) is 0. The SMILES string of the molecule is C(=C1CNC1)C1OCCc2ccccc21. The summed E-state index contributed by atoms with van der Waals surface area (Å²) in [5.41, 5.74) is 4.26. The van der Waals surface area contributed by atoms with Crippen molar-refractivity contribution in [1.29, 1.82) is 0 Å². The molecule has 1 saturated heterocycles. The quantitative estimate of drug-likeness (QED) is 0.700. The van der Waals surface area contributed by atoms with Crippen molar-refractivity contribution in [3.05, 3.63) is 47.0 Å². The number of ether oxygens (including phenoxy) is 1. The molecule has 2 nitrogen and oxygen atoms in total. The van der Waals surface area contributed by atoms with Gasteiger partial charge in [-0.3, -0.25) is 0 Å². The average Bonchev–Trinajstić information content (AvgIpc) is 2.23. The van der Waals surface area contributed by atoms with Crippen LogP contribution in [-0.2, 0) is 11.2 Å². The van der Waals surface area contributed by atoms with Gasteiger partial charge in [0.1, 0.15) is 6.10 Å². The van der Waals surface area contributed by atoms with E-state index in [9.17, 15) is 0 Å². The third kappa shape index (κ3) is 1.71. The second kappa shape index (κ2) is 3.80. The van der Waals surface area contributed by atoms with Gasteiger partial charge in [0.2, 0.25) is 0 Å².